The Kier molecular flexibility index (Phi) is 4.41. The lowest BCUT2D eigenvalue weighted by molar-refractivity contribution is -0.137. The number of rotatable bonds is 2. The SMILES string of the molecule is CC1COC(CO)CN1c1cc(C(F)(F)F)cc(Cl)n1. The van der Waals surface area contributed by atoms with Crippen LogP contribution in [-0.2, 0) is 10.9 Å². The number of aliphatic hydroxyl groups excluding tert-OH is 1. The number of nitrogens with zero attached hydrogens (tertiary/aromatic N) is 2. The monoisotopic (exact) mass is 310 g/mol. The van der Waals surface area contributed by atoms with Gasteiger partial charge in [-0.15, -0.1) is 0 Å². The van der Waals surface area contributed by atoms with E-state index >= 15 is 0 Å². The third-order valence-electron chi connectivity index (χ3n) is 3.11. The van der Waals surface area contributed by atoms with Crippen LogP contribution < -0.4 is 4.90 Å². The fraction of sp³-hybridized carbons (Fsp3) is 0.583. The van der Waals surface area contributed by atoms with Gasteiger partial charge in [-0.1, -0.05) is 11.6 Å². The first-order chi connectivity index (χ1) is 9.31. The van der Waals surface area contributed by atoms with Gasteiger partial charge in [0.25, 0.3) is 0 Å². The van der Waals surface area contributed by atoms with Crippen molar-refractivity contribution in [3.63, 3.8) is 0 Å². The highest BCUT2D eigenvalue weighted by molar-refractivity contribution is 6.29. The molecule has 0 radical (unpaired) electrons. The molecular weight excluding hydrogens is 297 g/mol. The standard InChI is InChI=1S/C12H14ClF3N2O2/c1-7-6-20-9(5-19)4-18(7)11-3-8(12(14,15)16)2-10(13)17-11/h2-3,7,9,19H,4-6H2,1H3. The molecule has 2 unspecified atom stereocenters. The van der Waals surface area contributed by atoms with Gasteiger partial charge in [0.05, 0.1) is 30.9 Å². The highest BCUT2D eigenvalue weighted by Crippen LogP contribution is 2.33. The van der Waals surface area contributed by atoms with E-state index in [9.17, 15) is 13.2 Å². The molecule has 0 amide bonds. The third-order valence-corrected chi connectivity index (χ3v) is 3.30. The van der Waals surface area contributed by atoms with Crippen LogP contribution in [0.4, 0.5) is 19.0 Å². The quantitative estimate of drug-likeness (QED) is 0.852. The van der Waals surface area contributed by atoms with Crippen LogP contribution in [0, 0.1) is 0 Å². The van der Waals surface area contributed by atoms with Crippen molar-refractivity contribution in [1.29, 1.82) is 0 Å². The average Bonchev–Trinajstić information content (AvgIpc) is 2.37. The van der Waals surface area contributed by atoms with Crippen molar-refractivity contribution in [3.05, 3.63) is 22.8 Å². The summed E-state index contributed by atoms with van der Waals surface area (Å²) in [6.07, 6.45) is -4.92. The number of hydrogen-bond acceptors (Lipinski definition) is 4. The van der Waals surface area contributed by atoms with Crippen molar-refractivity contribution in [1.82, 2.24) is 4.98 Å². The van der Waals surface area contributed by atoms with Gasteiger partial charge in [-0.3, -0.25) is 0 Å². The van der Waals surface area contributed by atoms with Crippen LogP contribution in [0.5, 0.6) is 0 Å². The van der Waals surface area contributed by atoms with Crippen LogP contribution in [0.3, 0.4) is 0 Å². The van der Waals surface area contributed by atoms with E-state index < -0.39 is 17.8 Å². The molecule has 0 aliphatic carbocycles. The number of hydrogen-bond donors (Lipinski definition) is 1. The molecule has 2 heterocycles. The lowest BCUT2D eigenvalue weighted by Crippen LogP contribution is -2.50. The predicted octanol–water partition coefficient (Wildman–Crippen LogP) is 2.34. The Morgan fingerprint density at radius 2 is 2.20 bits per heavy atom. The number of anilines is 1. The van der Waals surface area contributed by atoms with Gasteiger partial charge >= 0.3 is 6.18 Å². The van der Waals surface area contributed by atoms with Gasteiger partial charge in [0.15, 0.2) is 0 Å². The molecule has 112 valence electrons. The predicted molar refractivity (Wildman–Crippen MR) is 67.9 cm³/mol. The molecule has 0 bridgehead atoms. The van der Waals surface area contributed by atoms with E-state index in [2.05, 4.69) is 4.98 Å². The maximum atomic E-state index is 12.8. The summed E-state index contributed by atoms with van der Waals surface area (Å²) in [4.78, 5) is 5.60. The van der Waals surface area contributed by atoms with Crippen LogP contribution >= 0.6 is 11.6 Å². The number of morpholine rings is 1. The van der Waals surface area contributed by atoms with Crippen LogP contribution in [-0.4, -0.2) is 42.0 Å². The zero-order chi connectivity index (χ0) is 14.9. The molecule has 4 nitrogen and oxygen atoms in total. The first-order valence-electron chi connectivity index (χ1n) is 6.05. The molecule has 2 rings (SSSR count). The molecule has 0 spiro atoms. The summed E-state index contributed by atoms with van der Waals surface area (Å²) in [5, 5.41) is 8.89. The van der Waals surface area contributed by atoms with Gasteiger partial charge < -0.3 is 14.7 Å². The first-order valence-corrected chi connectivity index (χ1v) is 6.43. The van der Waals surface area contributed by atoms with Gasteiger partial charge in [-0.25, -0.2) is 4.98 Å². The minimum atomic E-state index is -4.48. The summed E-state index contributed by atoms with van der Waals surface area (Å²) in [5.41, 5.74) is -0.841. The minimum Gasteiger partial charge on any atom is -0.394 e. The van der Waals surface area contributed by atoms with E-state index in [-0.39, 0.29) is 30.2 Å². The Balaban J connectivity index is 2.33. The third kappa shape index (κ3) is 3.34. The molecule has 1 aliphatic rings. The molecule has 8 heteroatoms. The minimum absolute atomic E-state index is 0.138. The molecule has 20 heavy (non-hydrogen) atoms. The lowest BCUT2D eigenvalue weighted by Gasteiger charge is -2.38. The Bertz CT molecular complexity index is 484. The summed E-state index contributed by atoms with van der Waals surface area (Å²) in [5.74, 6) is 0.138. The fourth-order valence-electron chi connectivity index (χ4n) is 2.04. The molecule has 1 aromatic rings. The van der Waals surface area contributed by atoms with Crippen molar-refractivity contribution in [3.8, 4) is 0 Å². The van der Waals surface area contributed by atoms with E-state index in [0.29, 0.717) is 6.61 Å². The van der Waals surface area contributed by atoms with Crippen LogP contribution in [0.1, 0.15) is 12.5 Å². The molecule has 1 aromatic heterocycles. The largest absolute Gasteiger partial charge is 0.416 e. The molecule has 2 atom stereocenters. The summed E-state index contributed by atoms with van der Waals surface area (Å²) in [6.45, 7) is 2.18. The molecule has 0 aromatic carbocycles. The normalized spacial score (nSPS) is 24.0. The maximum absolute atomic E-state index is 12.8. The highest BCUT2D eigenvalue weighted by atomic mass is 35.5. The fourth-order valence-corrected chi connectivity index (χ4v) is 2.25. The number of aromatic nitrogens is 1. The number of aliphatic hydroxyl groups is 1. The smallest absolute Gasteiger partial charge is 0.394 e. The van der Waals surface area contributed by atoms with Crippen LogP contribution in [0.15, 0.2) is 12.1 Å². The van der Waals surface area contributed by atoms with Crippen molar-refractivity contribution in [2.24, 2.45) is 0 Å². The van der Waals surface area contributed by atoms with E-state index in [1.807, 2.05) is 6.92 Å². The van der Waals surface area contributed by atoms with Crippen molar-refractivity contribution in [2.45, 2.75) is 25.2 Å². The van der Waals surface area contributed by atoms with Crippen molar-refractivity contribution < 1.29 is 23.0 Å². The summed E-state index contributed by atoms with van der Waals surface area (Å²) >= 11 is 5.67. The lowest BCUT2D eigenvalue weighted by atomic mass is 10.1. The topological polar surface area (TPSA) is 45.6 Å². The summed E-state index contributed by atoms with van der Waals surface area (Å²) in [7, 11) is 0. The summed E-state index contributed by atoms with van der Waals surface area (Å²) in [6, 6.07) is 1.60. The van der Waals surface area contributed by atoms with Gasteiger partial charge in [-0.2, -0.15) is 13.2 Å². The van der Waals surface area contributed by atoms with E-state index in [1.165, 1.54) is 0 Å². The molecule has 1 N–H and O–H groups in total. The Labute approximate surface area is 119 Å². The Morgan fingerprint density at radius 3 is 2.80 bits per heavy atom. The van der Waals surface area contributed by atoms with Crippen LogP contribution in [0.25, 0.3) is 0 Å². The van der Waals surface area contributed by atoms with E-state index in [1.54, 1.807) is 4.90 Å². The van der Waals surface area contributed by atoms with E-state index in [0.717, 1.165) is 12.1 Å². The van der Waals surface area contributed by atoms with Crippen LogP contribution in [0.2, 0.25) is 5.15 Å². The molecule has 0 saturated carbocycles. The van der Waals surface area contributed by atoms with Gasteiger partial charge in [0.2, 0.25) is 0 Å². The second kappa shape index (κ2) is 5.75. The highest BCUT2D eigenvalue weighted by Gasteiger charge is 2.33. The molecule has 1 saturated heterocycles. The molecule has 1 fully saturated rings. The number of pyridine rings is 1. The average molecular weight is 311 g/mol. The number of halogens is 4. The second-order valence-electron chi connectivity index (χ2n) is 4.67. The van der Waals surface area contributed by atoms with Gasteiger partial charge in [-0.05, 0) is 19.1 Å². The second-order valence-corrected chi connectivity index (χ2v) is 5.06. The zero-order valence-electron chi connectivity index (χ0n) is 10.7. The number of ether oxygens (including phenoxy) is 1. The van der Waals surface area contributed by atoms with Gasteiger partial charge in [0.1, 0.15) is 11.0 Å². The molecule has 1 aliphatic heterocycles. The van der Waals surface area contributed by atoms with Gasteiger partial charge in [0, 0.05) is 6.54 Å². The van der Waals surface area contributed by atoms with Crippen molar-refractivity contribution in [2.75, 3.05) is 24.7 Å². The Hall–Kier alpha value is -1.05. The maximum Gasteiger partial charge on any atom is 0.416 e. The summed E-state index contributed by atoms with van der Waals surface area (Å²) < 4.78 is 43.7. The van der Waals surface area contributed by atoms with E-state index in [4.69, 9.17) is 21.4 Å². The number of alkyl halides is 3. The first kappa shape index (κ1) is 15.3. The van der Waals surface area contributed by atoms with Crippen molar-refractivity contribution >= 4 is 17.4 Å². The Morgan fingerprint density at radius 1 is 1.50 bits per heavy atom. The molecular formula is C12H14ClF3N2O2. The zero-order valence-corrected chi connectivity index (χ0v) is 11.4.